The molecule has 0 unspecified atom stereocenters. The van der Waals surface area contributed by atoms with Gasteiger partial charge in [-0.25, -0.2) is 0 Å². The van der Waals surface area contributed by atoms with E-state index in [0.717, 1.165) is 17.5 Å². The van der Waals surface area contributed by atoms with Gasteiger partial charge in [0.2, 0.25) is 0 Å². The molecule has 0 bridgehead atoms. The van der Waals surface area contributed by atoms with Crippen molar-refractivity contribution >= 4 is 16.5 Å². The van der Waals surface area contributed by atoms with E-state index >= 15 is 0 Å². The van der Waals surface area contributed by atoms with Crippen molar-refractivity contribution in [2.45, 2.75) is 6.42 Å². The monoisotopic (exact) mass is 307 g/mol. The van der Waals surface area contributed by atoms with Gasteiger partial charge in [0.25, 0.3) is 0 Å². The van der Waals surface area contributed by atoms with Crippen molar-refractivity contribution in [2.75, 3.05) is 5.73 Å². The van der Waals surface area contributed by atoms with Crippen LogP contribution in [0.25, 0.3) is 33.0 Å². The van der Waals surface area contributed by atoms with E-state index in [0.29, 0.717) is 0 Å². The molecule has 0 saturated heterocycles. The van der Waals surface area contributed by atoms with E-state index in [-0.39, 0.29) is 0 Å². The lowest BCUT2D eigenvalue weighted by molar-refractivity contribution is 1.26. The van der Waals surface area contributed by atoms with Crippen molar-refractivity contribution in [2.24, 2.45) is 0 Å². The van der Waals surface area contributed by atoms with Gasteiger partial charge in [-0.15, -0.1) is 0 Å². The van der Waals surface area contributed by atoms with Gasteiger partial charge in [0, 0.05) is 11.1 Å². The molecule has 24 heavy (non-hydrogen) atoms. The minimum absolute atomic E-state index is 0.838. The normalized spacial score (nSPS) is 12.2. The Bertz CT molecular complexity index is 1090. The summed E-state index contributed by atoms with van der Waals surface area (Å²) in [6.07, 6.45) is 1.00. The summed E-state index contributed by atoms with van der Waals surface area (Å²) in [7, 11) is 0. The first kappa shape index (κ1) is 13.4. The van der Waals surface area contributed by atoms with E-state index < -0.39 is 0 Å². The fraction of sp³-hybridized carbons (Fsp3) is 0.0435. The average Bonchev–Trinajstić information content (AvgIpc) is 3.00. The number of nitrogen functional groups attached to an aromatic ring is 1. The SMILES string of the molecule is Nc1cccc2c(-c3cccc4c3Cc3ccccc3-4)cccc12. The molecule has 0 fully saturated rings. The van der Waals surface area contributed by atoms with Crippen LogP contribution in [0.3, 0.4) is 0 Å². The van der Waals surface area contributed by atoms with Gasteiger partial charge in [-0.2, -0.15) is 0 Å². The first-order valence-corrected chi connectivity index (χ1v) is 8.31. The van der Waals surface area contributed by atoms with Crippen LogP contribution in [0, 0.1) is 0 Å². The van der Waals surface area contributed by atoms with Gasteiger partial charge in [-0.3, -0.25) is 0 Å². The van der Waals surface area contributed by atoms with Crippen LogP contribution in [-0.2, 0) is 6.42 Å². The van der Waals surface area contributed by atoms with Crippen LogP contribution in [0.5, 0.6) is 0 Å². The molecule has 114 valence electrons. The summed E-state index contributed by atoms with van der Waals surface area (Å²) in [4.78, 5) is 0. The fourth-order valence-electron chi connectivity index (χ4n) is 3.98. The molecule has 0 aliphatic heterocycles. The second-order valence-corrected chi connectivity index (χ2v) is 6.41. The summed E-state index contributed by atoms with van der Waals surface area (Å²) >= 11 is 0. The summed E-state index contributed by atoms with van der Waals surface area (Å²) in [6.45, 7) is 0. The second-order valence-electron chi connectivity index (χ2n) is 6.41. The summed E-state index contributed by atoms with van der Waals surface area (Å²) < 4.78 is 0. The van der Waals surface area contributed by atoms with Crippen molar-refractivity contribution < 1.29 is 0 Å². The lowest BCUT2D eigenvalue weighted by Gasteiger charge is -2.12. The van der Waals surface area contributed by atoms with Crippen molar-refractivity contribution in [1.29, 1.82) is 0 Å². The maximum atomic E-state index is 6.18. The van der Waals surface area contributed by atoms with Crippen molar-refractivity contribution in [1.82, 2.24) is 0 Å². The average molecular weight is 307 g/mol. The summed E-state index contributed by atoms with van der Waals surface area (Å²) in [5.74, 6) is 0. The zero-order valence-electron chi connectivity index (χ0n) is 13.3. The molecular formula is C23H17N. The molecule has 2 N–H and O–H groups in total. The highest BCUT2D eigenvalue weighted by Gasteiger charge is 2.21. The Morgan fingerprint density at radius 2 is 1.17 bits per heavy atom. The first-order valence-electron chi connectivity index (χ1n) is 8.31. The molecule has 4 aromatic carbocycles. The van der Waals surface area contributed by atoms with Crippen LogP contribution in [-0.4, -0.2) is 0 Å². The second kappa shape index (κ2) is 4.97. The molecule has 0 amide bonds. The number of nitrogens with two attached hydrogens (primary N) is 1. The number of rotatable bonds is 1. The van der Waals surface area contributed by atoms with Gasteiger partial charge in [0.15, 0.2) is 0 Å². The Morgan fingerprint density at radius 1 is 0.542 bits per heavy atom. The maximum absolute atomic E-state index is 6.18. The third-order valence-electron chi connectivity index (χ3n) is 5.10. The highest BCUT2D eigenvalue weighted by atomic mass is 14.5. The van der Waals surface area contributed by atoms with Gasteiger partial charge >= 0.3 is 0 Å². The minimum Gasteiger partial charge on any atom is -0.398 e. The summed E-state index contributed by atoms with van der Waals surface area (Å²) in [5, 5.41) is 2.35. The molecular weight excluding hydrogens is 290 g/mol. The highest BCUT2D eigenvalue weighted by Crippen LogP contribution is 2.43. The van der Waals surface area contributed by atoms with E-state index in [1.54, 1.807) is 0 Å². The van der Waals surface area contributed by atoms with Gasteiger partial charge in [-0.1, -0.05) is 72.8 Å². The quantitative estimate of drug-likeness (QED) is 0.397. The molecule has 5 rings (SSSR count). The van der Waals surface area contributed by atoms with Crippen molar-refractivity contribution in [3.05, 3.63) is 90.0 Å². The van der Waals surface area contributed by atoms with Crippen LogP contribution < -0.4 is 5.73 Å². The minimum atomic E-state index is 0.838. The molecule has 0 spiro atoms. The Balaban J connectivity index is 1.81. The molecule has 1 aliphatic carbocycles. The number of hydrogen-bond donors (Lipinski definition) is 1. The largest absolute Gasteiger partial charge is 0.398 e. The maximum Gasteiger partial charge on any atom is 0.0393 e. The van der Waals surface area contributed by atoms with Crippen LogP contribution in [0.2, 0.25) is 0 Å². The zero-order valence-corrected chi connectivity index (χ0v) is 13.3. The van der Waals surface area contributed by atoms with Gasteiger partial charge < -0.3 is 5.73 Å². The summed E-state index contributed by atoms with van der Waals surface area (Å²) in [5.41, 5.74) is 15.2. The van der Waals surface area contributed by atoms with Crippen LogP contribution in [0.15, 0.2) is 78.9 Å². The first-order chi connectivity index (χ1) is 11.8. The van der Waals surface area contributed by atoms with E-state index in [1.165, 1.54) is 38.8 Å². The molecule has 0 saturated carbocycles. The Labute approximate surface area is 141 Å². The fourth-order valence-corrected chi connectivity index (χ4v) is 3.98. The topological polar surface area (TPSA) is 26.0 Å². The molecule has 0 radical (unpaired) electrons. The van der Waals surface area contributed by atoms with Gasteiger partial charge in [-0.05, 0) is 51.3 Å². The van der Waals surface area contributed by atoms with E-state index in [2.05, 4.69) is 66.7 Å². The lowest BCUT2D eigenvalue weighted by Crippen LogP contribution is -1.91. The number of fused-ring (bicyclic) bond motifs is 4. The van der Waals surface area contributed by atoms with Crippen molar-refractivity contribution in [3.8, 4) is 22.3 Å². The zero-order chi connectivity index (χ0) is 16.1. The Hall–Kier alpha value is -3.06. The van der Waals surface area contributed by atoms with Crippen LogP contribution in [0.4, 0.5) is 5.69 Å². The predicted octanol–water partition coefficient (Wildman–Crippen LogP) is 5.66. The molecule has 1 aliphatic rings. The van der Waals surface area contributed by atoms with Gasteiger partial charge in [0.1, 0.15) is 0 Å². The molecule has 4 aromatic rings. The van der Waals surface area contributed by atoms with E-state index in [9.17, 15) is 0 Å². The predicted molar refractivity (Wildman–Crippen MR) is 102 cm³/mol. The number of benzene rings is 4. The van der Waals surface area contributed by atoms with Crippen LogP contribution >= 0.6 is 0 Å². The highest BCUT2D eigenvalue weighted by molar-refractivity contribution is 6.03. The molecule has 0 heterocycles. The van der Waals surface area contributed by atoms with Gasteiger partial charge in [0.05, 0.1) is 0 Å². The lowest BCUT2D eigenvalue weighted by atomic mass is 9.92. The number of anilines is 1. The molecule has 0 atom stereocenters. The molecule has 0 aromatic heterocycles. The van der Waals surface area contributed by atoms with Crippen molar-refractivity contribution in [3.63, 3.8) is 0 Å². The third-order valence-corrected chi connectivity index (χ3v) is 5.10. The van der Waals surface area contributed by atoms with E-state index in [4.69, 9.17) is 5.73 Å². The number of hydrogen-bond acceptors (Lipinski definition) is 1. The summed E-state index contributed by atoms with van der Waals surface area (Å²) in [6, 6.07) is 28.0. The van der Waals surface area contributed by atoms with Crippen LogP contribution in [0.1, 0.15) is 11.1 Å². The smallest absolute Gasteiger partial charge is 0.0393 e. The third kappa shape index (κ3) is 1.82. The standard InChI is InChI=1S/C23H17N/c24-23-13-5-11-19-18(9-4-12-21(19)23)20-10-3-8-17-16-7-2-1-6-15(16)14-22(17)20/h1-13H,14,24H2. The Morgan fingerprint density at radius 3 is 2.08 bits per heavy atom. The Kier molecular flexibility index (Phi) is 2.77. The molecule has 1 nitrogen and oxygen atoms in total. The van der Waals surface area contributed by atoms with E-state index in [1.807, 2.05) is 12.1 Å². The molecule has 1 heteroatoms.